The van der Waals surface area contributed by atoms with Gasteiger partial charge < -0.3 is 10.1 Å². The number of likely N-dealkylation sites (tertiary alicyclic amines) is 1. The molecule has 1 aliphatic heterocycles. The van der Waals surface area contributed by atoms with E-state index in [9.17, 15) is 0 Å². The van der Waals surface area contributed by atoms with Crippen molar-refractivity contribution in [1.29, 1.82) is 0 Å². The number of ether oxygens (including phenoxy) is 1. The topological polar surface area (TPSA) is 24.5 Å². The first-order valence-corrected chi connectivity index (χ1v) is 6.87. The molecule has 0 aromatic carbocycles. The van der Waals surface area contributed by atoms with Gasteiger partial charge in [0.25, 0.3) is 0 Å². The van der Waals surface area contributed by atoms with Crippen LogP contribution in [0.4, 0.5) is 0 Å². The third-order valence-electron chi connectivity index (χ3n) is 4.05. The summed E-state index contributed by atoms with van der Waals surface area (Å²) in [4.78, 5) is 2.73. The summed E-state index contributed by atoms with van der Waals surface area (Å²) >= 11 is 0. The summed E-state index contributed by atoms with van der Waals surface area (Å²) < 4.78 is 5.65. The van der Waals surface area contributed by atoms with Crippen LogP contribution in [0.3, 0.4) is 0 Å². The quantitative estimate of drug-likeness (QED) is 0.771. The smallest absolute Gasteiger partial charge is 0.0604 e. The summed E-state index contributed by atoms with van der Waals surface area (Å²) in [6.45, 7) is 5.42. The van der Waals surface area contributed by atoms with Gasteiger partial charge in [-0.2, -0.15) is 0 Å². The number of likely N-dealkylation sites (N-methyl/N-ethyl adjacent to an activating group) is 1. The van der Waals surface area contributed by atoms with Crippen LogP contribution in [0.1, 0.15) is 39.0 Å². The number of nitrogens with zero attached hydrogens (tertiary/aromatic N) is 1. The Bertz CT molecular complexity index is 202. The van der Waals surface area contributed by atoms with Gasteiger partial charge in [0.2, 0.25) is 0 Å². The van der Waals surface area contributed by atoms with Crippen LogP contribution in [0, 0.1) is 0 Å². The second-order valence-electron chi connectivity index (χ2n) is 5.15. The molecule has 0 bridgehead atoms. The number of rotatable bonds is 5. The van der Waals surface area contributed by atoms with Crippen molar-refractivity contribution in [2.45, 2.75) is 57.2 Å². The number of piperidine rings is 1. The normalized spacial score (nSPS) is 36.0. The standard InChI is InChI=1S/C13H26N2O/c1-3-16-13-8-12(9-13)15-7-5-4-6-11(15)10-14-2/h11-14H,3-10H2,1-2H3. The van der Waals surface area contributed by atoms with E-state index in [1.54, 1.807) is 0 Å². The second kappa shape index (κ2) is 5.99. The Balaban J connectivity index is 1.78. The molecule has 1 heterocycles. The lowest BCUT2D eigenvalue weighted by atomic mass is 9.85. The summed E-state index contributed by atoms with van der Waals surface area (Å²) in [7, 11) is 2.07. The highest BCUT2D eigenvalue weighted by molar-refractivity contribution is 4.93. The van der Waals surface area contributed by atoms with E-state index in [1.807, 2.05) is 0 Å². The maximum Gasteiger partial charge on any atom is 0.0604 e. The molecule has 3 nitrogen and oxygen atoms in total. The van der Waals surface area contributed by atoms with Crippen molar-refractivity contribution < 1.29 is 4.74 Å². The van der Waals surface area contributed by atoms with Gasteiger partial charge in [-0.25, -0.2) is 0 Å². The first-order valence-electron chi connectivity index (χ1n) is 6.87. The molecular formula is C13H26N2O. The lowest BCUT2D eigenvalue weighted by Gasteiger charge is -2.48. The molecule has 0 amide bonds. The molecule has 0 spiro atoms. The van der Waals surface area contributed by atoms with Crippen molar-refractivity contribution in [3.63, 3.8) is 0 Å². The van der Waals surface area contributed by atoms with Crippen LogP contribution in [0.2, 0.25) is 0 Å². The Labute approximate surface area is 99.5 Å². The molecule has 1 unspecified atom stereocenters. The molecule has 2 rings (SSSR count). The highest BCUT2D eigenvalue weighted by atomic mass is 16.5. The van der Waals surface area contributed by atoms with Crippen LogP contribution in [0.15, 0.2) is 0 Å². The Kier molecular flexibility index (Phi) is 4.62. The Morgan fingerprint density at radius 3 is 2.81 bits per heavy atom. The van der Waals surface area contributed by atoms with Crippen molar-refractivity contribution >= 4 is 0 Å². The zero-order valence-electron chi connectivity index (χ0n) is 10.7. The Hall–Kier alpha value is -0.120. The Morgan fingerprint density at radius 2 is 2.12 bits per heavy atom. The third kappa shape index (κ3) is 2.76. The van der Waals surface area contributed by atoms with E-state index in [0.717, 1.165) is 25.2 Å². The summed E-state index contributed by atoms with van der Waals surface area (Å²) in [5, 5.41) is 3.33. The van der Waals surface area contributed by atoms with Gasteiger partial charge in [-0.1, -0.05) is 6.42 Å². The van der Waals surface area contributed by atoms with Crippen molar-refractivity contribution in [2.75, 3.05) is 26.7 Å². The fraction of sp³-hybridized carbons (Fsp3) is 1.00. The molecule has 0 radical (unpaired) electrons. The average molecular weight is 226 g/mol. The number of hydrogen-bond acceptors (Lipinski definition) is 3. The first kappa shape index (κ1) is 12.3. The molecule has 1 N–H and O–H groups in total. The molecule has 16 heavy (non-hydrogen) atoms. The van der Waals surface area contributed by atoms with Gasteiger partial charge in [0.1, 0.15) is 0 Å². The third-order valence-corrected chi connectivity index (χ3v) is 4.05. The van der Waals surface area contributed by atoms with Gasteiger partial charge in [0.15, 0.2) is 0 Å². The summed E-state index contributed by atoms with van der Waals surface area (Å²) in [6.07, 6.45) is 7.23. The van der Waals surface area contributed by atoms with Crippen LogP contribution in [0.25, 0.3) is 0 Å². The van der Waals surface area contributed by atoms with Crippen molar-refractivity contribution in [3.05, 3.63) is 0 Å². The van der Waals surface area contributed by atoms with Gasteiger partial charge in [0, 0.05) is 25.2 Å². The summed E-state index contributed by atoms with van der Waals surface area (Å²) in [6, 6.07) is 1.57. The fourth-order valence-electron chi connectivity index (χ4n) is 3.14. The fourth-order valence-corrected chi connectivity index (χ4v) is 3.14. The highest BCUT2D eigenvalue weighted by Gasteiger charge is 2.37. The minimum Gasteiger partial charge on any atom is -0.378 e. The van der Waals surface area contributed by atoms with E-state index in [1.165, 1.54) is 38.6 Å². The lowest BCUT2D eigenvalue weighted by Crippen LogP contribution is -2.56. The van der Waals surface area contributed by atoms with Gasteiger partial charge >= 0.3 is 0 Å². The van der Waals surface area contributed by atoms with Crippen LogP contribution >= 0.6 is 0 Å². The van der Waals surface area contributed by atoms with E-state index < -0.39 is 0 Å². The maximum atomic E-state index is 5.65. The Morgan fingerprint density at radius 1 is 1.31 bits per heavy atom. The van der Waals surface area contributed by atoms with E-state index in [0.29, 0.717) is 6.10 Å². The van der Waals surface area contributed by atoms with Crippen LogP contribution < -0.4 is 5.32 Å². The lowest BCUT2D eigenvalue weighted by molar-refractivity contribution is -0.0638. The second-order valence-corrected chi connectivity index (χ2v) is 5.15. The number of hydrogen-bond donors (Lipinski definition) is 1. The zero-order valence-corrected chi connectivity index (χ0v) is 10.7. The van der Waals surface area contributed by atoms with E-state index >= 15 is 0 Å². The first-order chi connectivity index (χ1) is 7.85. The molecule has 0 aromatic rings. The molecular weight excluding hydrogens is 200 g/mol. The molecule has 1 saturated heterocycles. The predicted octanol–water partition coefficient (Wildman–Crippen LogP) is 1.63. The minimum absolute atomic E-state index is 0.548. The van der Waals surface area contributed by atoms with Crippen molar-refractivity contribution in [2.24, 2.45) is 0 Å². The van der Waals surface area contributed by atoms with Crippen molar-refractivity contribution in [3.8, 4) is 0 Å². The van der Waals surface area contributed by atoms with Crippen LogP contribution in [0.5, 0.6) is 0 Å². The van der Waals surface area contributed by atoms with Crippen molar-refractivity contribution in [1.82, 2.24) is 10.2 Å². The highest BCUT2D eigenvalue weighted by Crippen LogP contribution is 2.32. The van der Waals surface area contributed by atoms with Crippen LogP contribution in [-0.4, -0.2) is 49.8 Å². The summed E-state index contributed by atoms with van der Waals surface area (Å²) in [5.74, 6) is 0. The van der Waals surface area contributed by atoms with Gasteiger partial charge in [-0.3, -0.25) is 4.90 Å². The molecule has 2 aliphatic rings. The van der Waals surface area contributed by atoms with E-state index in [-0.39, 0.29) is 0 Å². The molecule has 1 atom stereocenters. The molecule has 94 valence electrons. The van der Waals surface area contributed by atoms with Crippen LogP contribution in [-0.2, 0) is 4.74 Å². The summed E-state index contributed by atoms with van der Waals surface area (Å²) in [5.41, 5.74) is 0. The maximum absolute atomic E-state index is 5.65. The van der Waals surface area contributed by atoms with Gasteiger partial charge in [-0.15, -0.1) is 0 Å². The molecule has 0 aromatic heterocycles. The molecule has 3 heteroatoms. The van der Waals surface area contributed by atoms with Gasteiger partial charge in [0.05, 0.1) is 6.10 Å². The minimum atomic E-state index is 0.548. The van der Waals surface area contributed by atoms with Gasteiger partial charge in [-0.05, 0) is 46.2 Å². The molecule has 2 fully saturated rings. The molecule has 1 saturated carbocycles. The number of nitrogens with one attached hydrogen (secondary N) is 1. The zero-order chi connectivity index (χ0) is 11.4. The average Bonchev–Trinajstić information content (AvgIpc) is 2.25. The predicted molar refractivity (Wildman–Crippen MR) is 66.7 cm³/mol. The van der Waals surface area contributed by atoms with E-state index in [4.69, 9.17) is 4.74 Å². The monoisotopic (exact) mass is 226 g/mol. The largest absolute Gasteiger partial charge is 0.378 e. The molecule has 1 aliphatic carbocycles. The van der Waals surface area contributed by atoms with E-state index in [2.05, 4.69) is 24.2 Å². The SMILES string of the molecule is CCOC1CC(N2CCCCC2CNC)C1.